The highest BCUT2D eigenvalue weighted by Crippen LogP contribution is 2.34. The molecule has 1 aliphatic rings. The second-order valence-electron chi connectivity index (χ2n) is 5.43. The van der Waals surface area contributed by atoms with Crippen LogP contribution in [0.25, 0.3) is 0 Å². The van der Waals surface area contributed by atoms with E-state index in [-0.39, 0.29) is 11.9 Å². The van der Waals surface area contributed by atoms with Crippen molar-refractivity contribution in [2.24, 2.45) is 0 Å². The van der Waals surface area contributed by atoms with E-state index < -0.39 is 0 Å². The highest BCUT2D eigenvalue weighted by Gasteiger charge is 2.35. The van der Waals surface area contributed by atoms with Crippen molar-refractivity contribution < 1.29 is 13.8 Å². The quantitative estimate of drug-likeness (QED) is 0.868. The molecule has 3 heterocycles. The van der Waals surface area contributed by atoms with Crippen molar-refractivity contribution in [1.29, 1.82) is 0 Å². The maximum absolute atomic E-state index is 12.8. The largest absolute Gasteiger partial charge is 0.361 e. The third-order valence-electron chi connectivity index (χ3n) is 4.03. The smallest absolute Gasteiger partial charge is 0.259 e. The fourth-order valence-electron chi connectivity index (χ4n) is 2.89. The van der Waals surface area contributed by atoms with Gasteiger partial charge in [-0.3, -0.25) is 4.79 Å². The van der Waals surface area contributed by atoms with Crippen molar-refractivity contribution in [2.45, 2.75) is 46.1 Å². The van der Waals surface area contributed by atoms with Crippen LogP contribution in [0.2, 0.25) is 0 Å². The van der Waals surface area contributed by atoms with Crippen LogP contribution in [-0.4, -0.2) is 27.7 Å². The number of aryl methyl sites for hydroxylation is 3. The van der Waals surface area contributed by atoms with Crippen LogP contribution in [0.4, 0.5) is 0 Å². The van der Waals surface area contributed by atoms with E-state index in [9.17, 15) is 4.79 Å². The number of likely N-dealkylation sites (tertiary alicyclic amines) is 1. The molecule has 0 spiro atoms. The lowest BCUT2D eigenvalue weighted by atomic mass is 10.1. The Kier molecular flexibility index (Phi) is 3.53. The molecule has 0 N–H and O–H groups in total. The van der Waals surface area contributed by atoms with Crippen molar-refractivity contribution in [3.05, 3.63) is 34.5 Å². The van der Waals surface area contributed by atoms with E-state index in [2.05, 4.69) is 10.3 Å². The summed E-state index contributed by atoms with van der Waals surface area (Å²) in [6.45, 7) is 6.30. The molecule has 2 aromatic heterocycles. The maximum atomic E-state index is 12.8. The highest BCUT2D eigenvalue weighted by atomic mass is 16.5. The van der Waals surface area contributed by atoms with Gasteiger partial charge in [0.25, 0.3) is 5.91 Å². The Morgan fingerprint density at radius 1 is 1.38 bits per heavy atom. The van der Waals surface area contributed by atoms with Gasteiger partial charge in [-0.05, 0) is 33.1 Å². The fourth-order valence-corrected chi connectivity index (χ4v) is 2.89. The predicted octanol–water partition coefficient (Wildman–Crippen LogP) is 2.82. The molecule has 21 heavy (non-hydrogen) atoms. The molecule has 6 heteroatoms. The minimum absolute atomic E-state index is 0.0387. The van der Waals surface area contributed by atoms with Gasteiger partial charge in [0.2, 0.25) is 0 Å². The van der Waals surface area contributed by atoms with Crippen molar-refractivity contribution in [3.63, 3.8) is 0 Å². The predicted molar refractivity (Wildman–Crippen MR) is 74.9 cm³/mol. The Hall–Kier alpha value is -2.11. The summed E-state index contributed by atoms with van der Waals surface area (Å²) in [5, 5.41) is 7.89. The number of nitrogens with zero attached hydrogens (tertiary/aromatic N) is 3. The molecule has 0 aromatic carbocycles. The molecule has 1 atom stereocenters. The Morgan fingerprint density at radius 2 is 2.19 bits per heavy atom. The standard InChI is InChI=1S/C15H19N3O3/c1-4-11-8-13(21-17-11)12-6-5-7-18(12)15(19)14-9(2)16-20-10(14)3/h8,12H,4-7H2,1-3H3/t12-/m0/s1. The monoisotopic (exact) mass is 289 g/mol. The molecule has 6 nitrogen and oxygen atoms in total. The number of amides is 1. The van der Waals surface area contributed by atoms with E-state index in [0.29, 0.717) is 17.0 Å². The second kappa shape index (κ2) is 5.35. The van der Waals surface area contributed by atoms with E-state index in [1.165, 1.54) is 0 Å². The van der Waals surface area contributed by atoms with Gasteiger partial charge < -0.3 is 13.9 Å². The van der Waals surface area contributed by atoms with Crippen molar-refractivity contribution in [1.82, 2.24) is 15.2 Å². The van der Waals surface area contributed by atoms with Gasteiger partial charge in [-0.25, -0.2) is 0 Å². The van der Waals surface area contributed by atoms with Crippen LogP contribution < -0.4 is 0 Å². The van der Waals surface area contributed by atoms with Gasteiger partial charge in [0.1, 0.15) is 11.3 Å². The summed E-state index contributed by atoms with van der Waals surface area (Å²) in [5.74, 6) is 1.29. The first-order valence-electron chi connectivity index (χ1n) is 7.31. The van der Waals surface area contributed by atoms with Gasteiger partial charge in [-0.1, -0.05) is 17.2 Å². The lowest BCUT2D eigenvalue weighted by Gasteiger charge is -2.22. The molecule has 0 aliphatic carbocycles. The highest BCUT2D eigenvalue weighted by molar-refractivity contribution is 5.96. The Morgan fingerprint density at radius 3 is 2.81 bits per heavy atom. The summed E-state index contributed by atoms with van der Waals surface area (Å²) in [4.78, 5) is 14.6. The first-order valence-corrected chi connectivity index (χ1v) is 7.31. The normalized spacial score (nSPS) is 18.4. The van der Waals surface area contributed by atoms with Crippen LogP contribution in [0.3, 0.4) is 0 Å². The minimum atomic E-state index is -0.0426. The molecular formula is C15H19N3O3. The number of hydrogen-bond donors (Lipinski definition) is 0. The summed E-state index contributed by atoms with van der Waals surface area (Å²) >= 11 is 0. The third kappa shape index (κ3) is 2.34. The topological polar surface area (TPSA) is 72.4 Å². The molecule has 1 aliphatic heterocycles. The summed E-state index contributed by atoms with van der Waals surface area (Å²) in [7, 11) is 0. The van der Waals surface area contributed by atoms with Gasteiger partial charge in [0.15, 0.2) is 5.76 Å². The Bertz CT molecular complexity index is 639. The van der Waals surface area contributed by atoms with Gasteiger partial charge in [-0.15, -0.1) is 0 Å². The molecule has 2 aromatic rings. The molecular weight excluding hydrogens is 270 g/mol. The van der Waals surface area contributed by atoms with Gasteiger partial charge in [-0.2, -0.15) is 0 Å². The molecule has 1 fully saturated rings. The molecule has 0 radical (unpaired) electrons. The zero-order valence-corrected chi connectivity index (χ0v) is 12.5. The number of rotatable bonds is 3. The third-order valence-corrected chi connectivity index (χ3v) is 4.03. The number of carbonyl (C=O) groups excluding carboxylic acids is 1. The average molecular weight is 289 g/mol. The summed E-state index contributed by atoms with van der Waals surface area (Å²) < 4.78 is 10.5. The van der Waals surface area contributed by atoms with Crippen LogP contribution >= 0.6 is 0 Å². The molecule has 112 valence electrons. The van der Waals surface area contributed by atoms with Crippen LogP contribution in [0.15, 0.2) is 15.1 Å². The van der Waals surface area contributed by atoms with Crippen LogP contribution in [0.5, 0.6) is 0 Å². The zero-order chi connectivity index (χ0) is 15.0. The summed E-state index contributed by atoms with van der Waals surface area (Å²) in [6.07, 6.45) is 2.68. The van der Waals surface area contributed by atoms with Gasteiger partial charge in [0, 0.05) is 12.6 Å². The number of carbonyl (C=O) groups is 1. The van der Waals surface area contributed by atoms with Crippen LogP contribution in [0, 0.1) is 13.8 Å². The molecule has 0 saturated carbocycles. The summed E-state index contributed by atoms with van der Waals surface area (Å²) in [6, 6.07) is 1.91. The van der Waals surface area contributed by atoms with E-state index in [1.807, 2.05) is 17.9 Å². The Balaban J connectivity index is 1.88. The molecule has 0 bridgehead atoms. The molecule has 3 rings (SSSR count). The SMILES string of the molecule is CCc1cc([C@@H]2CCCN2C(=O)c2c(C)noc2C)on1. The lowest BCUT2D eigenvalue weighted by Crippen LogP contribution is -2.31. The van der Waals surface area contributed by atoms with Gasteiger partial charge >= 0.3 is 0 Å². The van der Waals surface area contributed by atoms with Crippen molar-refractivity contribution >= 4 is 5.91 Å². The maximum Gasteiger partial charge on any atom is 0.259 e. The van der Waals surface area contributed by atoms with Gasteiger partial charge in [0.05, 0.1) is 17.4 Å². The van der Waals surface area contributed by atoms with Crippen LogP contribution in [-0.2, 0) is 6.42 Å². The number of aromatic nitrogens is 2. The van der Waals surface area contributed by atoms with E-state index in [0.717, 1.165) is 37.3 Å². The number of hydrogen-bond acceptors (Lipinski definition) is 5. The Labute approximate surface area is 123 Å². The second-order valence-corrected chi connectivity index (χ2v) is 5.43. The molecule has 0 unspecified atom stereocenters. The fraction of sp³-hybridized carbons (Fsp3) is 0.533. The average Bonchev–Trinajstić information content (AvgIpc) is 3.17. The molecule has 1 saturated heterocycles. The molecule has 1 amide bonds. The summed E-state index contributed by atoms with van der Waals surface area (Å²) in [5.41, 5.74) is 2.12. The van der Waals surface area contributed by atoms with E-state index >= 15 is 0 Å². The van der Waals surface area contributed by atoms with Crippen molar-refractivity contribution in [2.75, 3.05) is 6.54 Å². The van der Waals surface area contributed by atoms with E-state index in [1.54, 1.807) is 13.8 Å². The van der Waals surface area contributed by atoms with Crippen molar-refractivity contribution in [3.8, 4) is 0 Å². The minimum Gasteiger partial charge on any atom is -0.361 e. The zero-order valence-electron chi connectivity index (χ0n) is 12.5. The first-order chi connectivity index (χ1) is 10.1. The lowest BCUT2D eigenvalue weighted by molar-refractivity contribution is 0.0712. The van der Waals surface area contributed by atoms with Crippen LogP contribution in [0.1, 0.15) is 59.1 Å². The van der Waals surface area contributed by atoms with E-state index in [4.69, 9.17) is 9.05 Å². The first kappa shape index (κ1) is 13.9.